The fourth-order valence-corrected chi connectivity index (χ4v) is 12.1. The first-order valence-electron chi connectivity index (χ1n) is 22.6. The zero-order chi connectivity index (χ0) is 43.6. The first-order valence-corrected chi connectivity index (χ1v) is 22.6. The summed E-state index contributed by atoms with van der Waals surface area (Å²) in [6.07, 6.45) is 0. The predicted molar refractivity (Wildman–Crippen MR) is 272 cm³/mol. The van der Waals surface area contributed by atoms with Crippen molar-refractivity contribution in [3.05, 3.63) is 234 Å². The quantitative estimate of drug-likeness (QED) is 0.172. The van der Waals surface area contributed by atoms with Gasteiger partial charge in [-0.3, -0.25) is 0 Å². The van der Waals surface area contributed by atoms with E-state index in [9.17, 15) is 0 Å². The summed E-state index contributed by atoms with van der Waals surface area (Å²) in [5, 5.41) is 5.40. The first kappa shape index (κ1) is 41.3. The predicted octanol–water partition coefficient (Wildman–Crippen LogP) is 17.0. The summed E-state index contributed by atoms with van der Waals surface area (Å²) in [5.74, 6) is 1.91. The maximum absolute atomic E-state index is 7.19. The van der Waals surface area contributed by atoms with E-state index in [2.05, 4.69) is 209 Å². The Balaban J connectivity index is 0.00000484. The average molecular weight is 831 g/mol. The molecular formula is C63H58O. The van der Waals surface area contributed by atoms with Crippen LogP contribution in [0.1, 0.15) is 108 Å². The van der Waals surface area contributed by atoms with Crippen LogP contribution in [0.2, 0.25) is 0 Å². The van der Waals surface area contributed by atoms with Crippen molar-refractivity contribution in [1.29, 1.82) is 0 Å². The van der Waals surface area contributed by atoms with Gasteiger partial charge in [0.2, 0.25) is 0 Å². The molecule has 0 aromatic heterocycles. The van der Waals surface area contributed by atoms with Crippen molar-refractivity contribution in [2.24, 2.45) is 0 Å². The smallest absolute Gasteiger partial charge is 0.132 e. The van der Waals surface area contributed by atoms with Gasteiger partial charge >= 0.3 is 0 Å². The summed E-state index contributed by atoms with van der Waals surface area (Å²) in [7, 11) is 0. The largest absolute Gasteiger partial charge is 0.457 e. The van der Waals surface area contributed by atoms with Crippen LogP contribution < -0.4 is 4.74 Å². The third-order valence-electron chi connectivity index (χ3n) is 15.8. The average Bonchev–Trinajstić information content (AvgIpc) is 3.61. The van der Waals surface area contributed by atoms with Gasteiger partial charge in [0.1, 0.15) is 11.5 Å². The Bertz CT molecular complexity index is 3230. The van der Waals surface area contributed by atoms with E-state index in [1.165, 1.54) is 138 Å². The number of ether oxygens (including phenoxy) is 1. The Labute approximate surface area is 380 Å². The molecule has 316 valence electrons. The van der Waals surface area contributed by atoms with E-state index in [0.717, 1.165) is 11.5 Å². The molecule has 0 radical (unpaired) electrons. The van der Waals surface area contributed by atoms with Gasteiger partial charge in [-0.25, -0.2) is 0 Å². The molecule has 1 aliphatic carbocycles. The van der Waals surface area contributed by atoms with Crippen LogP contribution in [0.15, 0.2) is 140 Å². The van der Waals surface area contributed by atoms with Crippen LogP contribution in [-0.2, 0) is 5.41 Å². The van der Waals surface area contributed by atoms with Gasteiger partial charge in [0.15, 0.2) is 0 Å². The van der Waals surface area contributed by atoms with E-state index in [0.29, 0.717) is 0 Å². The highest BCUT2D eigenvalue weighted by molar-refractivity contribution is 6.03. The lowest BCUT2D eigenvalue weighted by Gasteiger charge is -2.34. The number of hydrogen-bond acceptors (Lipinski definition) is 1. The molecular weight excluding hydrogens is 773 g/mol. The maximum Gasteiger partial charge on any atom is 0.132 e. The summed E-state index contributed by atoms with van der Waals surface area (Å²) in [6.45, 7) is 23.0. The Morgan fingerprint density at radius 2 is 0.797 bits per heavy atom. The van der Waals surface area contributed by atoms with Crippen molar-refractivity contribution in [2.45, 2.75) is 88.0 Å². The second-order valence-electron chi connectivity index (χ2n) is 18.7. The lowest BCUT2D eigenvalue weighted by molar-refractivity contribution is 0.455. The van der Waals surface area contributed by atoms with Crippen LogP contribution in [0.5, 0.6) is 11.5 Å². The topological polar surface area (TPSA) is 9.23 Å². The van der Waals surface area contributed by atoms with Crippen LogP contribution in [0.3, 0.4) is 0 Å². The van der Waals surface area contributed by atoms with E-state index in [-0.39, 0.29) is 13.3 Å². The first-order chi connectivity index (χ1) is 30.4. The molecule has 1 aliphatic heterocycles. The van der Waals surface area contributed by atoms with Crippen LogP contribution in [0.25, 0.3) is 43.8 Å². The van der Waals surface area contributed by atoms with Crippen LogP contribution in [-0.4, -0.2) is 0 Å². The van der Waals surface area contributed by atoms with Crippen molar-refractivity contribution in [2.75, 3.05) is 0 Å². The van der Waals surface area contributed by atoms with Gasteiger partial charge in [-0.1, -0.05) is 129 Å². The Morgan fingerprint density at radius 1 is 0.375 bits per heavy atom. The van der Waals surface area contributed by atoms with Crippen LogP contribution in [0.4, 0.5) is 0 Å². The summed E-state index contributed by atoms with van der Waals surface area (Å²) < 4.78 is 7.19. The molecule has 1 nitrogen and oxygen atoms in total. The summed E-state index contributed by atoms with van der Waals surface area (Å²) in [6, 6.07) is 52.6. The molecule has 0 fully saturated rings. The van der Waals surface area contributed by atoms with Gasteiger partial charge in [0.25, 0.3) is 0 Å². The fourth-order valence-electron chi connectivity index (χ4n) is 12.1. The molecule has 1 heterocycles. The highest BCUT2D eigenvalue weighted by Crippen LogP contribution is 2.58. The van der Waals surface area contributed by atoms with E-state index in [1.807, 2.05) is 0 Å². The molecule has 2 aliphatic rings. The monoisotopic (exact) mass is 830 g/mol. The molecule has 1 heteroatoms. The number of fused-ring (bicyclic) bond motifs is 9. The van der Waals surface area contributed by atoms with Crippen molar-refractivity contribution in [3.63, 3.8) is 0 Å². The van der Waals surface area contributed by atoms with Crippen LogP contribution in [0, 0.1) is 69.2 Å². The molecule has 0 unspecified atom stereocenters. The second-order valence-corrected chi connectivity index (χ2v) is 18.7. The van der Waals surface area contributed by atoms with E-state index < -0.39 is 5.41 Å². The number of rotatable bonds is 4. The summed E-state index contributed by atoms with van der Waals surface area (Å²) in [4.78, 5) is 0. The highest BCUT2D eigenvalue weighted by atomic mass is 16.5. The van der Waals surface area contributed by atoms with Gasteiger partial charge in [-0.15, -0.1) is 0 Å². The van der Waals surface area contributed by atoms with Gasteiger partial charge in [-0.2, -0.15) is 0 Å². The molecule has 0 atom stereocenters. The number of hydrogen-bond donors (Lipinski definition) is 0. The Morgan fingerprint density at radius 3 is 1.30 bits per heavy atom. The molecule has 11 rings (SSSR count). The van der Waals surface area contributed by atoms with E-state index >= 15 is 0 Å². The standard InChI is InChI=1S/C62H54O.CH4/c1-34-31-53-60(57-42(9)38(5)36(3)40(7)55(34)57)59(61-54(63-53)32-35(2)56-41(8)37(4)39(6)43(10)58(56)61)45-27-25-44(26-28-45)46-29-30-50-49-23-17-18-24-51(49)62(52(50)33-46,47-19-13-11-14-20-47)48-21-15-12-16-22-48;/h11-33,59H,1-10H3;1H4. The third kappa shape index (κ3) is 5.56. The number of aryl methyl sites for hydroxylation is 6. The zero-order valence-electron chi connectivity index (χ0n) is 38.3. The van der Waals surface area contributed by atoms with Crippen LogP contribution >= 0.6 is 0 Å². The molecule has 0 spiro atoms. The SMILES string of the molecule is C.Cc1c(C)c(C)c2c3c(cc(C)c2c1C)Oc1cc(C)c2c(C)c(C)c(C)c(C)c2c1C3c1ccc(-c2ccc3c(c2)C(c2ccccc2)(c2ccccc2)c2ccccc2-3)cc1. The minimum Gasteiger partial charge on any atom is -0.457 e. The van der Waals surface area contributed by atoms with Crippen molar-refractivity contribution in [3.8, 4) is 33.8 Å². The lowest BCUT2D eigenvalue weighted by Crippen LogP contribution is -2.28. The number of benzene rings is 9. The third-order valence-corrected chi connectivity index (χ3v) is 15.8. The normalized spacial score (nSPS) is 13.5. The second kappa shape index (κ2) is 15.0. The van der Waals surface area contributed by atoms with E-state index in [1.54, 1.807) is 0 Å². The molecule has 0 saturated carbocycles. The van der Waals surface area contributed by atoms with E-state index in [4.69, 9.17) is 4.74 Å². The van der Waals surface area contributed by atoms with Crippen molar-refractivity contribution >= 4 is 21.5 Å². The lowest BCUT2D eigenvalue weighted by atomic mass is 9.67. The zero-order valence-corrected chi connectivity index (χ0v) is 38.3. The molecule has 9 aromatic rings. The minimum atomic E-state index is -0.447. The molecule has 9 aromatic carbocycles. The Kier molecular flexibility index (Phi) is 9.65. The molecule has 64 heavy (non-hydrogen) atoms. The summed E-state index contributed by atoms with van der Waals surface area (Å²) in [5.41, 5.74) is 27.1. The van der Waals surface area contributed by atoms with Crippen molar-refractivity contribution < 1.29 is 4.74 Å². The molecule has 0 amide bonds. The van der Waals surface area contributed by atoms with Gasteiger partial charge in [-0.05, 0) is 215 Å². The van der Waals surface area contributed by atoms with Gasteiger partial charge < -0.3 is 4.74 Å². The summed E-state index contributed by atoms with van der Waals surface area (Å²) >= 11 is 0. The Hall–Kier alpha value is -6.70. The molecule has 0 bridgehead atoms. The maximum atomic E-state index is 7.19. The molecule has 0 N–H and O–H groups in total. The molecule has 0 saturated heterocycles. The fraction of sp³-hybridized carbons (Fsp3) is 0.206. The van der Waals surface area contributed by atoms with Crippen molar-refractivity contribution in [1.82, 2.24) is 0 Å². The van der Waals surface area contributed by atoms with Gasteiger partial charge in [0, 0.05) is 17.0 Å². The van der Waals surface area contributed by atoms with Gasteiger partial charge in [0.05, 0.1) is 5.41 Å². The minimum absolute atomic E-state index is 0. The highest BCUT2D eigenvalue weighted by Gasteiger charge is 2.46.